The molecule has 2 aromatic heterocycles. The Balaban J connectivity index is 1.36. The van der Waals surface area contributed by atoms with Crippen molar-refractivity contribution in [2.45, 2.75) is 13.8 Å². The number of ether oxygens (including phenoxy) is 1. The quantitative estimate of drug-likeness (QED) is 0.450. The summed E-state index contributed by atoms with van der Waals surface area (Å²) in [5.41, 5.74) is 7.02. The highest BCUT2D eigenvalue weighted by Crippen LogP contribution is 2.20. The van der Waals surface area contributed by atoms with Crippen LogP contribution >= 0.6 is 0 Å². The van der Waals surface area contributed by atoms with Crippen molar-refractivity contribution < 1.29 is 4.74 Å². The molecule has 0 amide bonds. The molecule has 2 aromatic carbocycles. The van der Waals surface area contributed by atoms with Crippen molar-refractivity contribution in [1.29, 1.82) is 0 Å². The minimum absolute atomic E-state index is 0.816. The molecule has 0 spiro atoms. The summed E-state index contributed by atoms with van der Waals surface area (Å²) in [6, 6.07) is 23.4. The molecule has 0 radical (unpaired) electrons. The number of aromatic amines is 2. The van der Waals surface area contributed by atoms with Crippen LogP contribution in [0.1, 0.15) is 17.0 Å². The van der Waals surface area contributed by atoms with E-state index in [1.807, 2.05) is 0 Å². The zero-order valence-electron chi connectivity index (χ0n) is 21.7. The molecule has 0 saturated carbocycles. The summed E-state index contributed by atoms with van der Waals surface area (Å²) in [5, 5.41) is 4.18. The Morgan fingerprint density at radius 3 is 2.41 bits per heavy atom. The van der Waals surface area contributed by atoms with Crippen molar-refractivity contribution >= 4 is 23.0 Å². The summed E-state index contributed by atoms with van der Waals surface area (Å²) in [4.78, 5) is 17.2. The van der Waals surface area contributed by atoms with Gasteiger partial charge in [-0.25, -0.2) is 4.99 Å². The highest BCUT2D eigenvalue weighted by molar-refractivity contribution is 5.90. The summed E-state index contributed by atoms with van der Waals surface area (Å²) >= 11 is 0. The number of hydrogen-bond donors (Lipinski definition) is 2. The van der Waals surface area contributed by atoms with Crippen LogP contribution in [0.25, 0.3) is 17.3 Å². The van der Waals surface area contributed by atoms with Gasteiger partial charge in [0.1, 0.15) is 5.75 Å². The predicted molar refractivity (Wildman–Crippen MR) is 150 cm³/mol. The molecule has 0 atom stereocenters. The first-order chi connectivity index (χ1) is 18.1. The van der Waals surface area contributed by atoms with Gasteiger partial charge in [-0.3, -0.25) is 4.90 Å². The summed E-state index contributed by atoms with van der Waals surface area (Å²) in [6.07, 6.45) is 2.12. The van der Waals surface area contributed by atoms with Crippen LogP contribution in [0.15, 0.2) is 71.7 Å². The molecule has 2 N–H and O–H groups in total. The number of benzene rings is 2. The Kier molecular flexibility index (Phi) is 6.18. The van der Waals surface area contributed by atoms with Gasteiger partial charge in [0, 0.05) is 66.7 Å². The van der Waals surface area contributed by atoms with Gasteiger partial charge < -0.3 is 19.6 Å². The third kappa shape index (κ3) is 4.60. The van der Waals surface area contributed by atoms with Crippen LogP contribution in [-0.2, 0) is 0 Å². The van der Waals surface area contributed by atoms with Gasteiger partial charge in [0.15, 0.2) is 0 Å². The SMILES string of the molecule is COc1cc(=C2N=c3ccccc3=C2CN2CCN(c3ccccc3)CC2)[nH]c1=Cc1[nH]c(C)cc1C. The van der Waals surface area contributed by atoms with Crippen LogP contribution in [0.4, 0.5) is 5.69 Å². The molecule has 1 fully saturated rings. The van der Waals surface area contributed by atoms with E-state index in [0.717, 1.165) is 71.6 Å². The number of fused-ring (bicyclic) bond motifs is 1. The van der Waals surface area contributed by atoms with Gasteiger partial charge in [0.25, 0.3) is 0 Å². The van der Waals surface area contributed by atoms with Gasteiger partial charge in [-0.15, -0.1) is 0 Å². The Bertz CT molecular complexity index is 1670. The van der Waals surface area contributed by atoms with E-state index < -0.39 is 0 Å². The molecule has 0 aliphatic carbocycles. The number of aryl methyl sites for hydroxylation is 2. The second-order valence-corrected chi connectivity index (χ2v) is 9.91. The van der Waals surface area contributed by atoms with E-state index in [4.69, 9.17) is 9.73 Å². The van der Waals surface area contributed by atoms with Crippen molar-refractivity contribution in [3.05, 3.63) is 105 Å². The molecular weight excluding hydrogens is 458 g/mol. The van der Waals surface area contributed by atoms with E-state index >= 15 is 0 Å². The van der Waals surface area contributed by atoms with Crippen LogP contribution in [0, 0.1) is 13.8 Å². The molecule has 0 bridgehead atoms. The lowest BCUT2D eigenvalue weighted by Gasteiger charge is -2.36. The number of H-pyrrole nitrogens is 2. The van der Waals surface area contributed by atoms with E-state index in [2.05, 4.69) is 106 Å². The molecule has 6 heteroatoms. The lowest BCUT2D eigenvalue weighted by atomic mass is 10.1. The van der Waals surface area contributed by atoms with Gasteiger partial charge in [-0.05, 0) is 49.8 Å². The highest BCUT2D eigenvalue weighted by atomic mass is 16.5. The molecule has 2 aliphatic rings. The largest absolute Gasteiger partial charge is 0.494 e. The van der Waals surface area contributed by atoms with Crippen molar-refractivity contribution in [2.75, 3.05) is 44.7 Å². The van der Waals surface area contributed by atoms with E-state index in [1.54, 1.807) is 7.11 Å². The van der Waals surface area contributed by atoms with Gasteiger partial charge in [0.2, 0.25) is 0 Å². The standard InChI is InChI=1S/C31H33N5O/c1-21-17-22(2)32-27(21)18-28-30(37-3)19-29(33-28)31-25(24-11-7-8-12-26(24)34-31)20-35-13-15-36(16-14-35)23-9-5-4-6-10-23/h4-12,17-19,32-33H,13-16,20H2,1-3H3. The van der Waals surface area contributed by atoms with Crippen LogP contribution < -0.4 is 30.9 Å². The number of nitrogens with one attached hydrogen (secondary N) is 2. The second-order valence-electron chi connectivity index (χ2n) is 9.91. The van der Waals surface area contributed by atoms with Crippen molar-refractivity contribution in [3.63, 3.8) is 0 Å². The number of methoxy groups -OCH3 is 1. The predicted octanol–water partition coefficient (Wildman–Crippen LogP) is 2.21. The highest BCUT2D eigenvalue weighted by Gasteiger charge is 2.22. The maximum absolute atomic E-state index is 5.76. The van der Waals surface area contributed by atoms with Gasteiger partial charge in [-0.2, -0.15) is 0 Å². The molecule has 4 aromatic rings. The molecule has 0 unspecified atom stereocenters. The minimum atomic E-state index is 0.816. The van der Waals surface area contributed by atoms with Gasteiger partial charge in [-0.1, -0.05) is 36.4 Å². The maximum Gasteiger partial charge on any atom is 0.144 e. The van der Waals surface area contributed by atoms with Crippen LogP contribution in [-0.4, -0.2) is 54.7 Å². The van der Waals surface area contributed by atoms with E-state index in [-0.39, 0.29) is 0 Å². The number of rotatable bonds is 5. The molecular formula is C31H33N5O. The molecule has 6 nitrogen and oxygen atoms in total. The summed E-state index contributed by atoms with van der Waals surface area (Å²) in [6.45, 7) is 9.15. The van der Waals surface area contributed by atoms with E-state index in [0.29, 0.717) is 0 Å². The number of anilines is 1. The zero-order valence-corrected chi connectivity index (χ0v) is 21.7. The Morgan fingerprint density at radius 1 is 0.919 bits per heavy atom. The normalized spacial score (nSPS) is 17.8. The lowest BCUT2D eigenvalue weighted by molar-refractivity contribution is 0.288. The first-order valence-electron chi connectivity index (χ1n) is 12.9. The Labute approximate surface area is 216 Å². The van der Waals surface area contributed by atoms with Crippen LogP contribution in [0.2, 0.25) is 0 Å². The molecule has 4 heterocycles. The number of piperazine rings is 1. The topological polar surface area (TPSA) is 59.6 Å². The number of aromatic nitrogens is 2. The van der Waals surface area contributed by atoms with Crippen molar-refractivity contribution in [2.24, 2.45) is 4.99 Å². The average molecular weight is 492 g/mol. The summed E-state index contributed by atoms with van der Waals surface area (Å²) in [5.74, 6) is 0.816. The summed E-state index contributed by atoms with van der Waals surface area (Å²) < 4.78 is 5.76. The molecule has 6 rings (SSSR count). The zero-order chi connectivity index (χ0) is 25.4. The maximum atomic E-state index is 5.76. The first-order valence-corrected chi connectivity index (χ1v) is 12.9. The third-order valence-corrected chi connectivity index (χ3v) is 7.39. The van der Waals surface area contributed by atoms with E-state index in [9.17, 15) is 0 Å². The fourth-order valence-corrected chi connectivity index (χ4v) is 5.45. The first kappa shape index (κ1) is 23.4. The fraction of sp³-hybridized carbons (Fsp3) is 0.258. The Morgan fingerprint density at radius 2 is 1.68 bits per heavy atom. The minimum Gasteiger partial charge on any atom is -0.494 e. The van der Waals surface area contributed by atoms with Crippen LogP contribution in [0.5, 0.6) is 5.75 Å². The van der Waals surface area contributed by atoms with Crippen molar-refractivity contribution in [3.8, 4) is 5.75 Å². The monoisotopic (exact) mass is 491 g/mol. The molecule has 37 heavy (non-hydrogen) atoms. The molecule has 188 valence electrons. The summed E-state index contributed by atoms with van der Waals surface area (Å²) in [7, 11) is 1.72. The fourth-order valence-electron chi connectivity index (χ4n) is 5.45. The Hall–Kier alpha value is -4.03. The number of hydrogen-bond acceptors (Lipinski definition) is 4. The van der Waals surface area contributed by atoms with Gasteiger partial charge in [0.05, 0.1) is 28.9 Å². The van der Waals surface area contributed by atoms with E-state index in [1.165, 1.54) is 22.0 Å². The molecule has 1 saturated heterocycles. The van der Waals surface area contributed by atoms with Gasteiger partial charge >= 0.3 is 0 Å². The third-order valence-electron chi connectivity index (χ3n) is 7.39. The number of para-hydroxylation sites is 2. The lowest BCUT2D eigenvalue weighted by Crippen LogP contribution is -2.47. The smallest absolute Gasteiger partial charge is 0.144 e. The molecule has 2 aliphatic heterocycles. The van der Waals surface area contributed by atoms with Crippen molar-refractivity contribution in [1.82, 2.24) is 14.9 Å². The average Bonchev–Trinajstić information content (AvgIpc) is 3.60. The number of nitrogens with zero attached hydrogens (tertiary/aromatic N) is 3. The second kappa shape index (κ2) is 9.79. The van der Waals surface area contributed by atoms with Crippen LogP contribution in [0.3, 0.4) is 0 Å².